The van der Waals surface area contributed by atoms with Crippen molar-refractivity contribution in [3.05, 3.63) is 136 Å². The minimum atomic E-state index is -0.0625. The van der Waals surface area contributed by atoms with Crippen molar-refractivity contribution >= 4 is 150 Å². The molecular weight excluding hydrogens is 1820 g/mol. The number of anilines is 8. The van der Waals surface area contributed by atoms with Gasteiger partial charge in [0.2, 0.25) is 47.6 Å². The quantitative estimate of drug-likeness (QED) is 0.0446. The maximum absolute atomic E-state index is 13.6. The van der Waals surface area contributed by atoms with Crippen LogP contribution in [0, 0.1) is 0 Å². The van der Waals surface area contributed by atoms with E-state index in [4.69, 9.17) is 66.8 Å². The Kier molecular flexibility index (Phi) is 25.8. The molecule has 12 aliphatic heterocycles. The van der Waals surface area contributed by atoms with Crippen LogP contribution in [-0.4, -0.2) is 260 Å². The van der Waals surface area contributed by atoms with E-state index in [0.29, 0.717) is 194 Å². The number of rotatable bonds is 21. The number of phenols is 1. The number of carbonyl (C=O) groups is 4. The molecule has 0 bridgehead atoms. The van der Waals surface area contributed by atoms with Crippen LogP contribution < -0.4 is 55.1 Å². The second kappa shape index (κ2) is 38.0. The molecule has 22 rings (SSSR count). The number of aromatic nitrogens is 8. The summed E-state index contributed by atoms with van der Waals surface area (Å²) in [6.45, 7) is 22.1. The zero-order valence-corrected chi connectivity index (χ0v) is 78.2. The number of benzene rings is 4. The molecule has 0 unspecified atom stereocenters. The lowest BCUT2D eigenvalue weighted by Gasteiger charge is -2.32. The molecule has 0 radical (unpaired) electrons. The van der Waals surface area contributed by atoms with Crippen molar-refractivity contribution in [3.8, 4) is 23.0 Å². The summed E-state index contributed by atoms with van der Waals surface area (Å²) in [7, 11) is 1.60. The molecule has 34 nitrogen and oxygen atoms in total. The largest absolute Gasteiger partial charge is 0.507 e. The van der Waals surface area contributed by atoms with Gasteiger partial charge in [-0.3, -0.25) is 96.6 Å². The van der Waals surface area contributed by atoms with Crippen molar-refractivity contribution in [2.75, 3.05) is 166 Å². The normalized spacial score (nSPS) is 19.2. The molecule has 5 N–H and O–H groups in total. The fourth-order valence-corrected chi connectivity index (χ4v) is 21.5. The second-order valence-electron chi connectivity index (χ2n) is 34.4. The summed E-state index contributed by atoms with van der Waals surface area (Å²) in [5.41, 5.74) is 8.84. The predicted molar refractivity (Wildman–Crippen MR) is 504 cm³/mol. The van der Waals surface area contributed by atoms with Crippen molar-refractivity contribution in [2.45, 2.75) is 181 Å². The van der Waals surface area contributed by atoms with E-state index in [1.165, 1.54) is 44.1 Å². The third-order valence-corrected chi connectivity index (χ3v) is 28.1. The third kappa shape index (κ3) is 17.2. The number of halogens is 4. The van der Waals surface area contributed by atoms with E-state index >= 15 is 0 Å². The number of hydrogen-bond acceptors (Lipinski definition) is 26. The number of phenolic OH excluding ortho intramolecular Hbond substituents is 1. The lowest BCUT2D eigenvalue weighted by Crippen LogP contribution is -2.50. The predicted octanol–water partition coefficient (Wildman–Crippen LogP) is 13.4. The molecule has 4 amide bonds. The smallest absolute Gasteiger partial charge is 0.281 e. The standard InChI is InChI=1S/C23H27BrN6O3.C23H27ClN6O3.C23H29ClN6O2.C22H27BrN6O2/c2*1-2-28-21(31)18-20(29-7-6-25-23(28)29)27-22(26-16-4-8-32-9-5-16)30(18)13-14-11-15-3-10-33-19(15)17(24)12-14;1-3-28-21(31)19-20(29-12-11-25-23(28)29)27-22(26-16-7-5-4-6-8-16)30(19)14-15-9-10-18(32-2)17(24)13-15;1-2-27-20(31)18-19(28-11-10-24-22(27)28)26-21(25-15-6-4-3-5-7-15)29(18)13-14-8-9-17(30)16(23)12-14/h2*11-12,16H,2-10,13H2,1H3,(H,26,27);9-10,13,16H,3-8,11-12,14H2,1-2H3,(H,26,27);8-9,12,15,30H,2-7,10-11,13H2,1H3,(H,25,26). The average molecular weight is 1930 g/mol. The number of fused-ring (bicyclic) bond motifs is 14. The lowest BCUT2D eigenvalue weighted by atomic mass is 9.96. The number of methoxy groups -OCH3 is 1. The summed E-state index contributed by atoms with van der Waals surface area (Å²) < 4.78 is 37.5. The van der Waals surface area contributed by atoms with Crippen LogP contribution in [0.15, 0.2) is 89.6 Å². The van der Waals surface area contributed by atoms with E-state index in [9.17, 15) is 24.3 Å². The van der Waals surface area contributed by atoms with Gasteiger partial charge in [0.05, 0.1) is 91.7 Å². The lowest BCUT2D eigenvalue weighted by molar-refractivity contribution is 0.0827. The van der Waals surface area contributed by atoms with Gasteiger partial charge in [0.25, 0.3) is 23.6 Å². The summed E-state index contributed by atoms with van der Waals surface area (Å²) >= 11 is 20.0. The van der Waals surface area contributed by atoms with E-state index < -0.39 is 0 Å². The molecule has 14 aliphatic rings. The summed E-state index contributed by atoms with van der Waals surface area (Å²) in [4.78, 5) is 108. The van der Waals surface area contributed by atoms with Gasteiger partial charge in [-0.2, -0.15) is 19.9 Å². The summed E-state index contributed by atoms with van der Waals surface area (Å²) in [6, 6.07) is 20.8. The van der Waals surface area contributed by atoms with Crippen molar-refractivity contribution in [3.63, 3.8) is 0 Å². The minimum Gasteiger partial charge on any atom is -0.507 e. The molecule has 16 heterocycles. The van der Waals surface area contributed by atoms with Gasteiger partial charge in [0.1, 0.15) is 23.0 Å². The first-order valence-corrected chi connectivity index (χ1v) is 48.2. The number of nitrogens with zero attached hydrogens (tertiary/aromatic N) is 20. The number of ether oxygens (including phenoxy) is 5. The Morgan fingerprint density at radius 2 is 0.744 bits per heavy atom. The highest BCUT2D eigenvalue weighted by Crippen LogP contribution is 2.44. The van der Waals surface area contributed by atoms with Crippen molar-refractivity contribution < 1.29 is 48.0 Å². The van der Waals surface area contributed by atoms with Gasteiger partial charge in [-0.1, -0.05) is 86.0 Å². The van der Waals surface area contributed by atoms with Gasteiger partial charge in [0.15, 0.2) is 46.0 Å². The molecule has 0 atom stereocenters. The second-order valence-corrected chi connectivity index (χ2v) is 36.9. The van der Waals surface area contributed by atoms with E-state index in [2.05, 4.69) is 115 Å². The van der Waals surface area contributed by atoms with Gasteiger partial charge >= 0.3 is 0 Å². The SMILES string of the molecule is CCN1C(=O)c2c(nc(NC3CCCCC3)n2Cc2ccc(O)c(Br)c2)N2CCN=C12.CCN1C(=O)c2c(nc(NC3CCCCC3)n2Cc2ccc(OC)c(Cl)c2)N2CCN=C12.CCN1C(=O)c2c(nc(NC3CCOCC3)n2Cc2cc(Br)c3c(c2)CCO3)N2CCN=C12.CCN1C(=O)c2c(nc(NC3CCOCC3)n2Cc2cc(Cl)c3c(c2)CCO3)N2CCN=C12. The van der Waals surface area contributed by atoms with Crippen molar-refractivity contribution in [2.24, 2.45) is 20.0 Å². The fourth-order valence-electron chi connectivity index (χ4n) is 19.8. The number of amides is 4. The molecule has 4 aromatic carbocycles. The monoisotopic (exact) mass is 1930 g/mol. The number of guanidine groups is 4. The minimum absolute atomic E-state index is 0.0412. The van der Waals surface area contributed by atoms with E-state index in [1.807, 2.05) is 77.8 Å². The summed E-state index contributed by atoms with van der Waals surface area (Å²) in [5.74, 6) is 10.9. The maximum atomic E-state index is 13.6. The Hall–Kier alpha value is -10.7. The average Bonchev–Trinajstić information content (AvgIpc) is 1.60. The van der Waals surface area contributed by atoms with Crippen LogP contribution >= 0.6 is 55.1 Å². The Morgan fingerprint density at radius 1 is 0.411 bits per heavy atom. The number of hydrogen-bond donors (Lipinski definition) is 5. The summed E-state index contributed by atoms with van der Waals surface area (Å²) in [5, 5.41) is 25.6. The Balaban J connectivity index is 0.000000112. The molecule has 4 aromatic heterocycles. The third-order valence-electron chi connectivity index (χ3n) is 26.3. The molecule has 2 aliphatic carbocycles. The van der Waals surface area contributed by atoms with E-state index in [0.717, 1.165) is 184 Å². The van der Waals surface area contributed by atoms with Crippen LogP contribution in [0.1, 0.15) is 193 Å². The van der Waals surface area contributed by atoms with Crippen LogP contribution in [0.2, 0.25) is 10.0 Å². The van der Waals surface area contributed by atoms with Gasteiger partial charge in [-0.25, -0.2) is 0 Å². The Labute approximate surface area is 776 Å². The number of carbonyl (C=O) groups excluding carboxylic acids is 4. The molecule has 2 saturated carbocycles. The van der Waals surface area contributed by atoms with Crippen molar-refractivity contribution in [1.29, 1.82) is 0 Å². The molecule has 38 heteroatoms. The first-order valence-electron chi connectivity index (χ1n) is 45.8. The van der Waals surface area contributed by atoms with Gasteiger partial charge in [-0.05, 0) is 181 Å². The van der Waals surface area contributed by atoms with Gasteiger partial charge in [-0.15, -0.1) is 0 Å². The molecule has 129 heavy (non-hydrogen) atoms. The zero-order chi connectivity index (χ0) is 88.8. The topological polar surface area (TPSA) is 329 Å². The fraction of sp³-hybridized carbons (Fsp3) is 0.516. The Bertz CT molecular complexity index is 5590. The number of aliphatic imine (C=N–C) groups is 4. The highest BCUT2D eigenvalue weighted by molar-refractivity contribution is 9.11. The molecule has 4 fully saturated rings. The van der Waals surface area contributed by atoms with Crippen LogP contribution in [0.25, 0.3) is 0 Å². The Morgan fingerprint density at radius 3 is 1.12 bits per heavy atom. The molecule has 2 saturated heterocycles. The molecule has 0 spiro atoms. The number of imidazole rings is 4. The van der Waals surface area contributed by atoms with E-state index in [-0.39, 0.29) is 41.5 Å². The first-order chi connectivity index (χ1) is 62.9. The highest BCUT2D eigenvalue weighted by Gasteiger charge is 2.47. The summed E-state index contributed by atoms with van der Waals surface area (Å²) in [6.07, 6.45) is 17.3. The van der Waals surface area contributed by atoms with Crippen molar-refractivity contribution in [1.82, 2.24) is 57.8 Å². The van der Waals surface area contributed by atoms with Crippen LogP contribution in [0.3, 0.4) is 0 Å². The highest BCUT2D eigenvalue weighted by atomic mass is 79.9. The molecular formula is C91H110Br2Cl2N24O10. The van der Waals surface area contributed by atoms with Gasteiger partial charge < -0.3 is 50.1 Å². The molecule has 682 valence electrons. The van der Waals surface area contributed by atoms with Crippen LogP contribution in [-0.2, 0) is 48.5 Å². The van der Waals surface area contributed by atoms with Gasteiger partial charge in [0, 0.05) is 116 Å². The first kappa shape index (κ1) is 87.7. The van der Waals surface area contributed by atoms with Crippen LogP contribution in [0.5, 0.6) is 23.0 Å². The number of aromatic hydroxyl groups is 1. The molecule has 8 aromatic rings. The van der Waals surface area contributed by atoms with E-state index in [1.54, 1.807) is 32.8 Å². The number of nitrogens with one attached hydrogen (secondary N) is 4. The maximum Gasteiger partial charge on any atom is 0.281 e. The zero-order valence-electron chi connectivity index (χ0n) is 73.5. The van der Waals surface area contributed by atoms with Crippen LogP contribution in [0.4, 0.5) is 47.1 Å².